The van der Waals surface area contributed by atoms with Crippen LogP contribution in [0.2, 0.25) is 0 Å². The molecule has 0 amide bonds. The molecule has 0 aliphatic carbocycles. The first kappa shape index (κ1) is 14.6. The van der Waals surface area contributed by atoms with Crippen molar-refractivity contribution in [2.75, 3.05) is 0 Å². The summed E-state index contributed by atoms with van der Waals surface area (Å²) >= 11 is 8.16. The van der Waals surface area contributed by atoms with Gasteiger partial charge in [0.1, 0.15) is 5.03 Å². The van der Waals surface area contributed by atoms with Crippen LogP contribution < -0.4 is 0 Å². The molecule has 98 valence electrons. The monoisotopic (exact) mass is 401 g/mol. The zero-order valence-corrected chi connectivity index (χ0v) is 13.8. The van der Waals surface area contributed by atoms with E-state index in [4.69, 9.17) is 0 Å². The fourth-order valence-corrected chi connectivity index (χ4v) is 3.46. The van der Waals surface area contributed by atoms with Gasteiger partial charge in [-0.2, -0.15) is 0 Å². The second-order valence-electron chi connectivity index (χ2n) is 3.79. The fourth-order valence-electron chi connectivity index (χ4n) is 1.45. The van der Waals surface area contributed by atoms with Gasteiger partial charge >= 0.3 is 5.97 Å². The smallest absolute Gasteiger partial charge is 0.336 e. The van der Waals surface area contributed by atoms with Crippen LogP contribution in [0.4, 0.5) is 0 Å². The number of hydrogen-bond donors (Lipinski definition) is 1. The lowest BCUT2D eigenvalue weighted by molar-refractivity contribution is 0.0693. The van der Waals surface area contributed by atoms with Crippen LogP contribution in [0.3, 0.4) is 0 Å². The van der Waals surface area contributed by atoms with E-state index in [2.05, 4.69) is 36.8 Å². The lowest BCUT2D eigenvalue weighted by Gasteiger charge is -2.08. The number of aromatic nitrogens is 1. The normalized spacial score (nSPS) is 10.5. The minimum atomic E-state index is -0.946. The second kappa shape index (κ2) is 6.07. The fraction of sp³-hybridized carbons (Fsp3) is 0.0769. The third kappa shape index (κ3) is 3.38. The Kier molecular flexibility index (Phi) is 4.65. The van der Waals surface area contributed by atoms with Crippen LogP contribution in [-0.4, -0.2) is 16.1 Å². The zero-order valence-electron chi connectivity index (χ0n) is 9.85. The molecule has 0 aliphatic rings. The average Bonchev–Trinajstić information content (AvgIpc) is 2.35. The molecular formula is C13H9Br2NO2S. The number of rotatable bonds is 3. The number of carboxylic acids is 1. The molecule has 0 saturated heterocycles. The molecule has 1 N–H and O–H groups in total. The standard InChI is InChI=1S/C13H9Br2NO2S/c1-7-4-5-16-12(11(7)15)19-10-6-8(14)2-3-9(10)13(17)18/h2-6H,1H3,(H,17,18). The van der Waals surface area contributed by atoms with Crippen molar-refractivity contribution in [2.24, 2.45) is 0 Å². The molecule has 6 heteroatoms. The van der Waals surface area contributed by atoms with E-state index in [9.17, 15) is 9.90 Å². The number of aromatic carboxylic acids is 1. The van der Waals surface area contributed by atoms with Gasteiger partial charge in [0.05, 0.1) is 10.0 Å². The maximum Gasteiger partial charge on any atom is 0.336 e. The molecule has 1 heterocycles. The van der Waals surface area contributed by atoms with E-state index in [1.165, 1.54) is 11.8 Å². The van der Waals surface area contributed by atoms with E-state index < -0.39 is 5.97 Å². The van der Waals surface area contributed by atoms with Crippen LogP contribution in [0.1, 0.15) is 15.9 Å². The summed E-state index contributed by atoms with van der Waals surface area (Å²) in [5.74, 6) is -0.946. The lowest BCUT2D eigenvalue weighted by Crippen LogP contribution is -1.99. The predicted octanol–water partition coefficient (Wildman–Crippen LogP) is 4.76. The molecule has 3 nitrogen and oxygen atoms in total. The van der Waals surface area contributed by atoms with Gasteiger partial charge in [-0.25, -0.2) is 9.78 Å². The number of aryl methyl sites for hydroxylation is 1. The van der Waals surface area contributed by atoms with Crippen LogP contribution in [0.15, 0.2) is 49.3 Å². The van der Waals surface area contributed by atoms with Crippen LogP contribution in [0.25, 0.3) is 0 Å². The highest BCUT2D eigenvalue weighted by atomic mass is 79.9. The first-order valence-electron chi connectivity index (χ1n) is 5.31. The van der Waals surface area contributed by atoms with Crippen molar-refractivity contribution in [1.82, 2.24) is 4.98 Å². The molecule has 0 spiro atoms. The topological polar surface area (TPSA) is 50.2 Å². The number of carbonyl (C=O) groups is 1. The quantitative estimate of drug-likeness (QED) is 0.803. The Morgan fingerprint density at radius 2 is 2.05 bits per heavy atom. The molecular weight excluding hydrogens is 394 g/mol. The van der Waals surface area contributed by atoms with E-state index in [0.717, 1.165) is 19.5 Å². The minimum Gasteiger partial charge on any atom is -0.478 e. The number of pyridine rings is 1. The first-order chi connectivity index (χ1) is 8.99. The second-order valence-corrected chi connectivity index (χ2v) is 6.53. The molecule has 0 atom stereocenters. The van der Waals surface area contributed by atoms with Crippen LogP contribution in [0.5, 0.6) is 0 Å². The molecule has 0 saturated carbocycles. The summed E-state index contributed by atoms with van der Waals surface area (Å²) in [5, 5.41) is 9.95. The maximum absolute atomic E-state index is 11.2. The first-order valence-corrected chi connectivity index (χ1v) is 7.71. The Hall–Kier alpha value is -0.850. The summed E-state index contributed by atoms with van der Waals surface area (Å²) in [6.07, 6.45) is 1.71. The Balaban J connectivity index is 2.45. The van der Waals surface area contributed by atoms with E-state index in [-0.39, 0.29) is 5.56 Å². The summed E-state index contributed by atoms with van der Waals surface area (Å²) < 4.78 is 1.72. The molecule has 0 fully saturated rings. The van der Waals surface area contributed by atoms with Crippen molar-refractivity contribution in [1.29, 1.82) is 0 Å². The minimum absolute atomic E-state index is 0.267. The molecule has 2 rings (SSSR count). The third-order valence-electron chi connectivity index (χ3n) is 2.43. The number of carboxylic acid groups (broad SMARTS) is 1. The largest absolute Gasteiger partial charge is 0.478 e. The van der Waals surface area contributed by atoms with Gasteiger partial charge < -0.3 is 5.11 Å². The predicted molar refractivity (Wildman–Crippen MR) is 81.9 cm³/mol. The summed E-state index contributed by atoms with van der Waals surface area (Å²) in [4.78, 5) is 16.1. The summed E-state index contributed by atoms with van der Waals surface area (Å²) in [6.45, 7) is 1.97. The van der Waals surface area contributed by atoms with E-state index >= 15 is 0 Å². The van der Waals surface area contributed by atoms with Gasteiger partial charge in [0, 0.05) is 15.6 Å². The van der Waals surface area contributed by atoms with Crippen molar-refractivity contribution in [3.8, 4) is 0 Å². The molecule has 1 aromatic heterocycles. The summed E-state index contributed by atoms with van der Waals surface area (Å²) in [6, 6.07) is 6.97. The van der Waals surface area contributed by atoms with Gasteiger partial charge in [0.2, 0.25) is 0 Å². The highest BCUT2D eigenvalue weighted by Gasteiger charge is 2.14. The van der Waals surface area contributed by atoms with Gasteiger partial charge in [-0.05, 0) is 52.7 Å². The molecule has 0 aliphatic heterocycles. The van der Waals surface area contributed by atoms with Crippen LogP contribution in [-0.2, 0) is 0 Å². The SMILES string of the molecule is Cc1ccnc(Sc2cc(Br)ccc2C(=O)O)c1Br. The van der Waals surface area contributed by atoms with Gasteiger partial charge in [0.15, 0.2) is 0 Å². The molecule has 2 aromatic rings. The Morgan fingerprint density at radius 3 is 2.74 bits per heavy atom. The van der Waals surface area contributed by atoms with Crippen molar-refractivity contribution >= 4 is 49.6 Å². The number of nitrogens with zero attached hydrogens (tertiary/aromatic N) is 1. The van der Waals surface area contributed by atoms with Gasteiger partial charge in [-0.1, -0.05) is 27.7 Å². The highest BCUT2D eigenvalue weighted by Crippen LogP contribution is 2.36. The number of hydrogen-bond acceptors (Lipinski definition) is 3. The summed E-state index contributed by atoms with van der Waals surface area (Å²) in [5.41, 5.74) is 1.33. The van der Waals surface area contributed by atoms with Gasteiger partial charge in [-0.3, -0.25) is 0 Å². The maximum atomic E-state index is 11.2. The number of halogens is 2. The van der Waals surface area contributed by atoms with Crippen molar-refractivity contribution in [3.05, 3.63) is 50.5 Å². The highest BCUT2D eigenvalue weighted by molar-refractivity contribution is 9.10. The van der Waals surface area contributed by atoms with E-state index in [0.29, 0.717) is 4.90 Å². The Labute approximate surface area is 131 Å². The van der Waals surface area contributed by atoms with Crippen molar-refractivity contribution < 1.29 is 9.90 Å². The van der Waals surface area contributed by atoms with Crippen LogP contribution >= 0.6 is 43.6 Å². The Morgan fingerprint density at radius 1 is 1.32 bits per heavy atom. The molecule has 0 unspecified atom stereocenters. The van der Waals surface area contributed by atoms with E-state index in [1.807, 2.05) is 13.0 Å². The molecule has 1 aromatic carbocycles. The average molecular weight is 403 g/mol. The van der Waals surface area contributed by atoms with Crippen molar-refractivity contribution in [3.63, 3.8) is 0 Å². The molecule has 0 radical (unpaired) electrons. The zero-order chi connectivity index (χ0) is 14.0. The Bertz CT molecular complexity index is 647. The van der Waals surface area contributed by atoms with Gasteiger partial charge in [0.25, 0.3) is 0 Å². The summed E-state index contributed by atoms with van der Waals surface area (Å²) in [7, 11) is 0. The molecule has 19 heavy (non-hydrogen) atoms. The molecule has 0 bridgehead atoms. The van der Waals surface area contributed by atoms with Crippen LogP contribution in [0, 0.1) is 6.92 Å². The van der Waals surface area contributed by atoms with E-state index in [1.54, 1.807) is 24.4 Å². The van der Waals surface area contributed by atoms with Gasteiger partial charge in [-0.15, -0.1) is 0 Å². The lowest BCUT2D eigenvalue weighted by atomic mass is 10.2. The number of benzene rings is 1. The third-order valence-corrected chi connectivity index (χ3v) is 5.25. The van der Waals surface area contributed by atoms with Crippen molar-refractivity contribution in [2.45, 2.75) is 16.8 Å².